The third-order valence-corrected chi connectivity index (χ3v) is 6.99. The van der Waals surface area contributed by atoms with Gasteiger partial charge in [-0.25, -0.2) is 4.39 Å². The van der Waals surface area contributed by atoms with Gasteiger partial charge in [-0.1, -0.05) is 20.3 Å². The lowest BCUT2D eigenvalue weighted by molar-refractivity contribution is -0.137. The zero-order valence-corrected chi connectivity index (χ0v) is 17.9. The molecule has 31 heavy (non-hydrogen) atoms. The molecule has 1 saturated carbocycles. The molecule has 0 bridgehead atoms. The van der Waals surface area contributed by atoms with Crippen molar-refractivity contribution in [2.24, 2.45) is 11.8 Å². The highest BCUT2D eigenvalue weighted by Crippen LogP contribution is 2.52. The average Bonchev–Trinajstić information content (AvgIpc) is 3.52. The Labute approximate surface area is 180 Å². The van der Waals surface area contributed by atoms with Gasteiger partial charge in [-0.2, -0.15) is 4.39 Å². The SMILES string of the molecule is CCNCC1CN(c2c(F)c(N)c3c(c2F)[N+]([O-])(C2CC2)C=CC3C(=O)O)CC1CC. The fraction of sp³-hybridized carbons (Fsp3) is 0.591. The number of nitrogens with two attached hydrogens (primary N) is 1. The Kier molecular flexibility index (Phi) is 5.70. The normalized spacial score (nSPS) is 30.0. The Morgan fingerprint density at radius 1 is 1.29 bits per heavy atom. The van der Waals surface area contributed by atoms with Crippen molar-refractivity contribution in [1.82, 2.24) is 9.96 Å². The first-order valence-electron chi connectivity index (χ1n) is 11.0. The number of carboxylic acid groups (broad SMARTS) is 1. The zero-order valence-electron chi connectivity index (χ0n) is 17.9. The molecule has 1 aliphatic carbocycles. The van der Waals surface area contributed by atoms with Gasteiger partial charge in [0.1, 0.15) is 11.6 Å². The van der Waals surface area contributed by atoms with Gasteiger partial charge in [-0.3, -0.25) is 9.44 Å². The van der Waals surface area contributed by atoms with Gasteiger partial charge in [-0.05, 0) is 31.0 Å². The average molecular weight is 437 g/mol. The van der Waals surface area contributed by atoms with E-state index in [4.69, 9.17) is 5.73 Å². The third kappa shape index (κ3) is 3.48. The highest BCUT2D eigenvalue weighted by Gasteiger charge is 2.49. The van der Waals surface area contributed by atoms with Gasteiger partial charge in [0.05, 0.1) is 23.5 Å². The minimum Gasteiger partial charge on any atom is -0.622 e. The number of carbonyl (C=O) groups is 1. The lowest BCUT2D eigenvalue weighted by Crippen LogP contribution is -2.44. The fourth-order valence-corrected chi connectivity index (χ4v) is 5.13. The summed E-state index contributed by atoms with van der Waals surface area (Å²) in [6, 6.07) is -0.402. The monoisotopic (exact) mass is 436 g/mol. The largest absolute Gasteiger partial charge is 0.622 e. The molecule has 2 fully saturated rings. The first kappa shape index (κ1) is 22.0. The Hall–Kier alpha value is -2.23. The molecule has 0 aromatic heterocycles. The van der Waals surface area contributed by atoms with Crippen molar-refractivity contribution >= 4 is 23.0 Å². The van der Waals surface area contributed by atoms with Crippen LogP contribution in [0.1, 0.15) is 44.6 Å². The summed E-state index contributed by atoms with van der Waals surface area (Å²) >= 11 is 0. The first-order valence-corrected chi connectivity index (χ1v) is 11.0. The van der Waals surface area contributed by atoms with E-state index in [2.05, 4.69) is 12.2 Å². The van der Waals surface area contributed by atoms with Crippen molar-refractivity contribution < 1.29 is 18.7 Å². The van der Waals surface area contributed by atoms with Crippen molar-refractivity contribution in [3.8, 4) is 0 Å². The molecule has 4 unspecified atom stereocenters. The quantitative estimate of drug-likeness (QED) is 0.344. The number of aliphatic carboxylic acids is 1. The highest BCUT2D eigenvalue weighted by molar-refractivity contribution is 5.89. The maximum Gasteiger partial charge on any atom is 0.315 e. The van der Waals surface area contributed by atoms with Crippen molar-refractivity contribution in [1.29, 1.82) is 0 Å². The van der Waals surface area contributed by atoms with Crippen LogP contribution < -0.4 is 20.6 Å². The standard InChI is InChI=1S/C22H30F2N4O3/c1-3-12-10-27(11-13(12)9-26-4-2)20-17(23)19(25)16-15(22(29)30)7-8-28(31,14-5-6-14)21(16)18(20)24/h7-8,12-15,26H,3-6,9-11,25H2,1-2H3,(H,29,30). The van der Waals surface area contributed by atoms with E-state index in [1.807, 2.05) is 6.92 Å². The Morgan fingerprint density at radius 2 is 1.97 bits per heavy atom. The number of fused-ring (bicyclic) bond motifs is 1. The summed E-state index contributed by atoms with van der Waals surface area (Å²) in [5.74, 6) is -4.14. The molecular weight excluding hydrogens is 406 g/mol. The van der Waals surface area contributed by atoms with E-state index < -0.39 is 39.9 Å². The van der Waals surface area contributed by atoms with E-state index in [0.29, 0.717) is 25.9 Å². The fourth-order valence-electron chi connectivity index (χ4n) is 5.13. The van der Waals surface area contributed by atoms with Crippen LogP contribution in [0.25, 0.3) is 0 Å². The van der Waals surface area contributed by atoms with Crippen LogP contribution in [0.2, 0.25) is 0 Å². The number of anilines is 2. The number of hydrogen-bond donors (Lipinski definition) is 3. The van der Waals surface area contributed by atoms with E-state index in [9.17, 15) is 15.1 Å². The smallest absolute Gasteiger partial charge is 0.315 e. The molecule has 7 nitrogen and oxygen atoms in total. The summed E-state index contributed by atoms with van der Waals surface area (Å²) in [7, 11) is 0. The van der Waals surface area contributed by atoms with E-state index in [1.165, 1.54) is 12.3 Å². The Bertz CT molecular complexity index is 921. The number of quaternary nitrogens is 1. The molecule has 0 spiro atoms. The summed E-state index contributed by atoms with van der Waals surface area (Å²) in [6.45, 7) is 6.50. The topological polar surface area (TPSA) is 102 Å². The van der Waals surface area contributed by atoms with E-state index in [0.717, 1.165) is 19.5 Å². The number of halogens is 2. The molecule has 2 aliphatic heterocycles. The third-order valence-electron chi connectivity index (χ3n) is 6.99. The zero-order chi connectivity index (χ0) is 22.5. The molecule has 3 aliphatic rings. The highest BCUT2D eigenvalue weighted by atomic mass is 19.1. The van der Waals surface area contributed by atoms with E-state index >= 15 is 8.78 Å². The summed E-state index contributed by atoms with van der Waals surface area (Å²) < 4.78 is 30.3. The maximum atomic E-state index is 16.0. The number of hydrogen-bond acceptors (Lipinski definition) is 5. The van der Waals surface area contributed by atoms with Gasteiger partial charge in [0.2, 0.25) is 5.82 Å². The minimum absolute atomic E-state index is 0.211. The minimum atomic E-state index is -1.35. The second kappa shape index (κ2) is 8.03. The lowest BCUT2D eigenvalue weighted by Gasteiger charge is -2.44. The summed E-state index contributed by atoms with van der Waals surface area (Å²) in [5.41, 5.74) is 4.74. The summed E-state index contributed by atoms with van der Waals surface area (Å²) in [4.78, 5) is 13.4. The number of hydroxylamine groups is 2. The molecule has 0 amide bonds. The summed E-state index contributed by atoms with van der Waals surface area (Å²) in [6.07, 6.45) is 4.46. The van der Waals surface area contributed by atoms with Crippen LogP contribution in [0.15, 0.2) is 12.3 Å². The number of nitrogens with one attached hydrogen (secondary N) is 1. The molecule has 0 radical (unpaired) electrons. The Morgan fingerprint density at radius 3 is 2.55 bits per heavy atom. The molecule has 9 heteroatoms. The molecule has 1 aromatic rings. The van der Waals surface area contributed by atoms with E-state index in [-0.39, 0.29) is 28.8 Å². The van der Waals surface area contributed by atoms with Crippen molar-refractivity contribution in [2.75, 3.05) is 36.8 Å². The molecule has 2 heterocycles. The molecule has 4 rings (SSSR count). The van der Waals surface area contributed by atoms with Crippen LogP contribution in [0.5, 0.6) is 0 Å². The second-order valence-corrected chi connectivity index (χ2v) is 8.89. The molecule has 4 N–H and O–H groups in total. The van der Waals surface area contributed by atoms with Crippen LogP contribution >= 0.6 is 0 Å². The number of nitrogen functional groups attached to an aromatic ring is 1. The first-order chi connectivity index (χ1) is 14.7. The van der Waals surface area contributed by atoms with E-state index in [1.54, 1.807) is 4.90 Å². The lowest BCUT2D eigenvalue weighted by atomic mass is 9.90. The Balaban J connectivity index is 1.84. The number of rotatable bonds is 7. The number of nitrogens with zero attached hydrogens (tertiary/aromatic N) is 2. The molecule has 1 aromatic carbocycles. The number of carboxylic acids is 1. The van der Waals surface area contributed by atoms with Crippen LogP contribution in [-0.4, -0.2) is 43.3 Å². The molecular formula is C22H30F2N4O3. The van der Waals surface area contributed by atoms with Crippen LogP contribution in [0, 0.1) is 28.7 Å². The van der Waals surface area contributed by atoms with Crippen LogP contribution in [0.4, 0.5) is 25.8 Å². The van der Waals surface area contributed by atoms with Gasteiger partial charge in [0.15, 0.2) is 11.5 Å². The van der Waals surface area contributed by atoms with Crippen LogP contribution in [0.3, 0.4) is 0 Å². The van der Waals surface area contributed by atoms with Crippen LogP contribution in [-0.2, 0) is 4.79 Å². The predicted octanol–water partition coefficient (Wildman–Crippen LogP) is 3.28. The van der Waals surface area contributed by atoms with Gasteiger partial charge < -0.3 is 26.3 Å². The van der Waals surface area contributed by atoms with Crippen molar-refractivity contribution in [2.45, 2.75) is 45.1 Å². The van der Waals surface area contributed by atoms with Crippen molar-refractivity contribution in [3.05, 3.63) is 34.7 Å². The maximum absolute atomic E-state index is 16.0. The summed E-state index contributed by atoms with van der Waals surface area (Å²) in [5, 5.41) is 26.6. The number of benzene rings is 1. The van der Waals surface area contributed by atoms with Crippen molar-refractivity contribution in [3.63, 3.8) is 0 Å². The predicted molar refractivity (Wildman–Crippen MR) is 116 cm³/mol. The van der Waals surface area contributed by atoms with Gasteiger partial charge in [-0.15, -0.1) is 0 Å². The van der Waals surface area contributed by atoms with Gasteiger partial charge >= 0.3 is 5.97 Å². The molecule has 1 saturated heterocycles. The molecule has 4 atom stereocenters. The van der Waals surface area contributed by atoms with Gasteiger partial charge in [0, 0.05) is 25.9 Å². The van der Waals surface area contributed by atoms with Gasteiger partial charge in [0.25, 0.3) is 0 Å². The second-order valence-electron chi connectivity index (χ2n) is 8.89. The molecule has 170 valence electrons.